The topological polar surface area (TPSA) is 133 Å². The van der Waals surface area contributed by atoms with Gasteiger partial charge in [0.25, 0.3) is 0 Å². The molecule has 0 aliphatic carbocycles. The van der Waals surface area contributed by atoms with E-state index >= 15 is 0 Å². The second-order valence-electron chi connectivity index (χ2n) is 3.47. The van der Waals surface area contributed by atoms with Crippen LogP contribution in [0.4, 0.5) is 0 Å². The van der Waals surface area contributed by atoms with Crippen molar-refractivity contribution in [2.45, 2.75) is 31.4 Å². The Bertz CT molecular complexity index is 234. The lowest BCUT2D eigenvalue weighted by atomic mass is 10.2. The minimum Gasteiger partial charge on any atom is -0.481 e. The zero-order valence-corrected chi connectivity index (χ0v) is 8.93. The van der Waals surface area contributed by atoms with Crippen LogP contribution in [0.1, 0.15) is 19.3 Å². The van der Waals surface area contributed by atoms with E-state index < -0.39 is 24.1 Å². The third kappa shape index (κ3) is 7.16. The fraction of sp³-hybridized carbons (Fsp3) is 0.778. The molecule has 1 heterocycles. The van der Waals surface area contributed by atoms with E-state index in [1.807, 2.05) is 0 Å². The zero-order valence-electron chi connectivity index (χ0n) is 8.93. The molecule has 6 N–H and O–H groups in total. The second kappa shape index (κ2) is 8.03. The van der Waals surface area contributed by atoms with E-state index in [1.54, 1.807) is 0 Å². The Kier molecular flexibility index (Phi) is 7.44. The summed E-state index contributed by atoms with van der Waals surface area (Å²) in [5.74, 6) is -1.66. The molecule has 0 aromatic heterocycles. The summed E-state index contributed by atoms with van der Waals surface area (Å²) in [5.41, 5.74) is 5.01. The standard InChI is InChI=1S/C5H9NO3.C4H9NO2/c7-3-1-4(5(8)9)6-2-3;5-3-1-2-4(6)7/h3-4,6-7H,1-2H2,(H,8,9);1-3,5H2,(H,6,7). The molecule has 0 amide bonds. The van der Waals surface area contributed by atoms with E-state index in [4.69, 9.17) is 21.1 Å². The fourth-order valence-electron chi connectivity index (χ4n) is 1.16. The highest BCUT2D eigenvalue weighted by molar-refractivity contribution is 5.73. The summed E-state index contributed by atoms with van der Waals surface area (Å²) < 4.78 is 0. The number of nitrogens with one attached hydrogen (secondary N) is 1. The van der Waals surface area contributed by atoms with Gasteiger partial charge in [-0.05, 0) is 13.0 Å². The molecule has 1 aliphatic rings. The molecule has 2 unspecified atom stereocenters. The number of carboxylic acid groups (broad SMARTS) is 2. The van der Waals surface area contributed by atoms with Crippen LogP contribution in [-0.4, -0.2) is 52.5 Å². The van der Waals surface area contributed by atoms with E-state index in [2.05, 4.69) is 5.32 Å². The van der Waals surface area contributed by atoms with Crippen molar-refractivity contribution in [3.8, 4) is 0 Å². The van der Waals surface area contributed by atoms with Gasteiger partial charge in [0.15, 0.2) is 0 Å². The minimum atomic E-state index is -0.883. The molecule has 1 aliphatic heterocycles. The number of nitrogens with two attached hydrogens (primary N) is 1. The third-order valence-corrected chi connectivity index (χ3v) is 2.00. The molecule has 0 aromatic rings. The van der Waals surface area contributed by atoms with Crippen molar-refractivity contribution in [3.63, 3.8) is 0 Å². The smallest absolute Gasteiger partial charge is 0.320 e. The van der Waals surface area contributed by atoms with Crippen molar-refractivity contribution in [2.75, 3.05) is 13.1 Å². The van der Waals surface area contributed by atoms with E-state index in [-0.39, 0.29) is 6.42 Å². The van der Waals surface area contributed by atoms with Crippen LogP contribution < -0.4 is 11.1 Å². The molecule has 2 atom stereocenters. The summed E-state index contributed by atoms with van der Waals surface area (Å²) in [6.07, 6.45) is 0.618. The van der Waals surface area contributed by atoms with Crippen molar-refractivity contribution >= 4 is 11.9 Å². The van der Waals surface area contributed by atoms with Gasteiger partial charge in [0.1, 0.15) is 6.04 Å². The maximum atomic E-state index is 10.2. The van der Waals surface area contributed by atoms with Gasteiger partial charge in [-0.25, -0.2) is 0 Å². The lowest BCUT2D eigenvalue weighted by Gasteiger charge is -1.99. The normalized spacial score (nSPS) is 23.4. The minimum absolute atomic E-state index is 0.191. The average Bonchev–Trinajstić information content (AvgIpc) is 2.63. The maximum Gasteiger partial charge on any atom is 0.320 e. The van der Waals surface area contributed by atoms with Gasteiger partial charge in [0, 0.05) is 19.4 Å². The highest BCUT2D eigenvalue weighted by Crippen LogP contribution is 2.05. The SMILES string of the molecule is NCCCC(=O)O.O=C(O)C1CC(O)CN1. The highest BCUT2D eigenvalue weighted by Gasteiger charge is 2.27. The number of β-amino-alcohol motifs (C(OH)–C–C–N with tert-alkyl or cyclic N) is 1. The Morgan fingerprint density at radius 3 is 2.19 bits per heavy atom. The molecular weight excluding hydrogens is 216 g/mol. The molecule has 1 fully saturated rings. The van der Waals surface area contributed by atoms with Crippen molar-refractivity contribution in [2.24, 2.45) is 5.73 Å². The predicted molar refractivity (Wildman–Crippen MR) is 56.0 cm³/mol. The first-order valence-electron chi connectivity index (χ1n) is 5.03. The van der Waals surface area contributed by atoms with E-state index in [0.29, 0.717) is 25.9 Å². The van der Waals surface area contributed by atoms with Gasteiger partial charge in [-0.2, -0.15) is 0 Å². The molecule has 7 nitrogen and oxygen atoms in total. The maximum absolute atomic E-state index is 10.2. The first kappa shape index (κ1) is 14.8. The lowest BCUT2D eigenvalue weighted by Crippen LogP contribution is -2.29. The summed E-state index contributed by atoms with van der Waals surface area (Å²) in [7, 11) is 0. The first-order chi connectivity index (χ1) is 7.47. The Hall–Kier alpha value is -1.18. The largest absolute Gasteiger partial charge is 0.481 e. The van der Waals surface area contributed by atoms with Gasteiger partial charge in [0.05, 0.1) is 6.10 Å². The number of hydrogen-bond donors (Lipinski definition) is 5. The van der Waals surface area contributed by atoms with Crippen LogP contribution in [-0.2, 0) is 9.59 Å². The van der Waals surface area contributed by atoms with Gasteiger partial charge >= 0.3 is 11.9 Å². The number of carbonyl (C=O) groups is 2. The number of aliphatic carboxylic acids is 2. The van der Waals surface area contributed by atoms with E-state index in [9.17, 15) is 9.59 Å². The van der Waals surface area contributed by atoms with Gasteiger partial charge in [-0.15, -0.1) is 0 Å². The zero-order chi connectivity index (χ0) is 12.6. The molecular formula is C9H18N2O5. The number of rotatable bonds is 4. The first-order valence-corrected chi connectivity index (χ1v) is 5.03. The van der Waals surface area contributed by atoms with Crippen molar-refractivity contribution in [1.82, 2.24) is 5.32 Å². The lowest BCUT2D eigenvalue weighted by molar-refractivity contribution is -0.139. The quantitative estimate of drug-likeness (QED) is 0.404. The molecule has 1 rings (SSSR count). The molecule has 94 valence electrons. The molecule has 7 heteroatoms. The van der Waals surface area contributed by atoms with Gasteiger partial charge in [0.2, 0.25) is 0 Å². The van der Waals surface area contributed by atoms with Crippen LogP contribution in [0.25, 0.3) is 0 Å². The molecule has 0 bridgehead atoms. The summed E-state index contributed by atoms with van der Waals surface area (Å²) in [5, 5.41) is 27.8. The number of carboxylic acids is 2. The van der Waals surface area contributed by atoms with Crippen LogP contribution in [0.3, 0.4) is 0 Å². The Morgan fingerprint density at radius 2 is 2.00 bits per heavy atom. The molecule has 0 spiro atoms. The molecule has 0 radical (unpaired) electrons. The third-order valence-electron chi connectivity index (χ3n) is 2.00. The fourth-order valence-corrected chi connectivity index (χ4v) is 1.16. The van der Waals surface area contributed by atoms with Crippen molar-refractivity contribution in [1.29, 1.82) is 0 Å². The van der Waals surface area contributed by atoms with Crippen LogP contribution in [0.2, 0.25) is 0 Å². The number of hydrogen-bond acceptors (Lipinski definition) is 5. The van der Waals surface area contributed by atoms with Crippen LogP contribution >= 0.6 is 0 Å². The number of aliphatic hydroxyl groups is 1. The van der Waals surface area contributed by atoms with Crippen LogP contribution in [0, 0.1) is 0 Å². The van der Waals surface area contributed by atoms with E-state index in [0.717, 1.165) is 0 Å². The van der Waals surface area contributed by atoms with Crippen molar-refractivity contribution in [3.05, 3.63) is 0 Å². The summed E-state index contributed by atoms with van der Waals surface area (Å²) in [6.45, 7) is 0.864. The predicted octanol–water partition coefficient (Wildman–Crippen LogP) is -1.40. The molecule has 0 aromatic carbocycles. The Labute approximate surface area is 93.3 Å². The Morgan fingerprint density at radius 1 is 1.38 bits per heavy atom. The number of aliphatic hydroxyl groups excluding tert-OH is 1. The Balaban J connectivity index is 0.000000293. The van der Waals surface area contributed by atoms with Crippen molar-refractivity contribution < 1.29 is 24.9 Å². The summed E-state index contributed by atoms with van der Waals surface area (Å²) in [6, 6.07) is -0.542. The van der Waals surface area contributed by atoms with Gasteiger partial charge in [-0.1, -0.05) is 0 Å². The van der Waals surface area contributed by atoms with Crippen LogP contribution in [0.15, 0.2) is 0 Å². The average molecular weight is 234 g/mol. The van der Waals surface area contributed by atoms with Crippen LogP contribution in [0.5, 0.6) is 0 Å². The molecule has 16 heavy (non-hydrogen) atoms. The monoisotopic (exact) mass is 234 g/mol. The molecule has 0 saturated carbocycles. The summed E-state index contributed by atoms with van der Waals surface area (Å²) >= 11 is 0. The summed E-state index contributed by atoms with van der Waals surface area (Å²) in [4.78, 5) is 19.9. The van der Waals surface area contributed by atoms with Gasteiger partial charge < -0.3 is 26.4 Å². The second-order valence-corrected chi connectivity index (χ2v) is 3.47. The highest BCUT2D eigenvalue weighted by atomic mass is 16.4. The van der Waals surface area contributed by atoms with E-state index in [1.165, 1.54) is 0 Å². The van der Waals surface area contributed by atoms with Gasteiger partial charge in [-0.3, -0.25) is 9.59 Å². The molecule has 1 saturated heterocycles.